The molecule has 1 heterocycles. The zero-order valence-corrected chi connectivity index (χ0v) is 16.6. The molecule has 0 spiro atoms. The van der Waals surface area contributed by atoms with Crippen molar-refractivity contribution in [2.75, 3.05) is 0 Å². The number of fused-ring (bicyclic) bond motifs is 2. The normalized spacial score (nSPS) is 11.7. The molecule has 0 unspecified atom stereocenters. The van der Waals surface area contributed by atoms with Crippen molar-refractivity contribution < 1.29 is 9.90 Å². The fraction of sp³-hybridized carbons (Fsp3) is 0.435. The molecule has 3 heteroatoms. The number of carboxylic acid groups (broad SMARTS) is 1. The Kier molecular flexibility index (Phi) is 9.33. The van der Waals surface area contributed by atoms with E-state index < -0.39 is 5.97 Å². The number of carbonyl (C=O) groups is 1. The molecule has 1 aliphatic rings. The second kappa shape index (κ2) is 11.8. The number of benzene rings is 2. The highest BCUT2D eigenvalue weighted by Gasteiger charge is 2.13. The zero-order chi connectivity index (χ0) is 18.6. The second-order valence-electron chi connectivity index (χ2n) is 6.76. The Morgan fingerprint density at radius 2 is 1.35 bits per heavy atom. The van der Waals surface area contributed by atoms with Gasteiger partial charge < -0.3 is 5.11 Å². The van der Waals surface area contributed by atoms with Gasteiger partial charge in [0.1, 0.15) is 0 Å². The molecule has 0 aromatic heterocycles. The SMILES string of the molecule is CCCCCCCCCC(=O)O.c1ccc2c(c1)Cc1ccccc1S2. The van der Waals surface area contributed by atoms with Crippen LogP contribution in [0, 0.1) is 0 Å². The van der Waals surface area contributed by atoms with Crippen LogP contribution in [0.4, 0.5) is 0 Å². The molecule has 0 amide bonds. The van der Waals surface area contributed by atoms with Crippen molar-refractivity contribution in [3.63, 3.8) is 0 Å². The Balaban J connectivity index is 0.000000191. The molecule has 3 rings (SSSR count). The third kappa shape index (κ3) is 7.25. The van der Waals surface area contributed by atoms with E-state index in [2.05, 4.69) is 55.5 Å². The Bertz CT molecular complexity index is 594. The highest BCUT2D eigenvalue weighted by atomic mass is 32.2. The summed E-state index contributed by atoms with van der Waals surface area (Å²) in [5.74, 6) is -0.663. The molecule has 0 radical (unpaired) electrons. The van der Waals surface area contributed by atoms with Crippen molar-refractivity contribution in [2.24, 2.45) is 0 Å². The zero-order valence-electron chi connectivity index (χ0n) is 15.7. The van der Waals surface area contributed by atoms with Gasteiger partial charge in [-0.25, -0.2) is 0 Å². The van der Waals surface area contributed by atoms with Gasteiger partial charge in [-0.3, -0.25) is 4.79 Å². The van der Waals surface area contributed by atoms with Crippen molar-refractivity contribution in [3.05, 3.63) is 59.7 Å². The summed E-state index contributed by atoms with van der Waals surface area (Å²) in [5.41, 5.74) is 2.91. The quantitative estimate of drug-likeness (QED) is 0.436. The first-order chi connectivity index (χ1) is 12.7. The van der Waals surface area contributed by atoms with Crippen LogP contribution in [0.25, 0.3) is 0 Å². The monoisotopic (exact) mass is 370 g/mol. The van der Waals surface area contributed by atoms with E-state index in [4.69, 9.17) is 5.11 Å². The smallest absolute Gasteiger partial charge is 0.303 e. The molecule has 1 aliphatic heterocycles. The van der Waals surface area contributed by atoms with Gasteiger partial charge >= 0.3 is 5.97 Å². The van der Waals surface area contributed by atoms with E-state index in [0.717, 1.165) is 19.3 Å². The fourth-order valence-electron chi connectivity index (χ4n) is 3.06. The number of carboxylic acids is 1. The van der Waals surface area contributed by atoms with Crippen molar-refractivity contribution in [1.82, 2.24) is 0 Å². The first kappa shape index (κ1) is 20.6. The standard InChI is InChI=1S/C13H10S.C10H20O2/c1-3-7-12-10(5-1)9-11-6-2-4-8-13(11)14-12;1-2-3-4-5-6-7-8-9-10(11)12/h1-8H,9H2;2-9H2,1H3,(H,11,12). The molecule has 140 valence electrons. The van der Waals surface area contributed by atoms with E-state index in [1.165, 1.54) is 53.0 Å². The van der Waals surface area contributed by atoms with Gasteiger partial charge in [0.05, 0.1) is 0 Å². The number of unbranched alkanes of at least 4 members (excludes halogenated alkanes) is 6. The van der Waals surface area contributed by atoms with Gasteiger partial charge in [-0.1, -0.05) is 93.6 Å². The summed E-state index contributed by atoms with van der Waals surface area (Å²) in [5, 5.41) is 8.35. The topological polar surface area (TPSA) is 37.3 Å². The van der Waals surface area contributed by atoms with Gasteiger partial charge in [-0.2, -0.15) is 0 Å². The van der Waals surface area contributed by atoms with E-state index in [-0.39, 0.29) is 0 Å². The van der Waals surface area contributed by atoms with Crippen molar-refractivity contribution >= 4 is 17.7 Å². The van der Waals surface area contributed by atoms with Gasteiger partial charge in [0.25, 0.3) is 0 Å². The minimum Gasteiger partial charge on any atom is -0.481 e. The average Bonchev–Trinajstić information content (AvgIpc) is 2.66. The summed E-state index contributed by atoms with van der Waals surface area (Å²) >= 11 is 1.88. The van der Waals surface area contributed by atoms with Crippen LogP contribution in [0.2, 0.25) is 0 Å². The molecular formula is C23H30O2S. The van der Waals surface area contributed by atoms with Crippen molar-refractivity contribution in [2.45, 2.75) is 74.5 Å². The van der Waals surface area contributed by atoms with Gasteiger partial charge in [-0.05, 0) is 36.1 Å². The van der Waals surface area contributed by atoms with Crippen LogP contribution in [-0.4, -0.2) is 11.1 Å². The number of hydrogen-bond donors (Lipinski definition) is 1. The molecular weight excluding hydrogens is 340 g/mol. The molecule has 26 heavy (non-hydrogen) atoms. The number of hydrogen-bond acceptors (Lipinski definition) is 2. The summed E-state index contributed by atoms with van der Waals surface area (Å²) in [6.45, 7) is 2.20. The first-order valence-corrected chi connectivity index (χ1v) is 10.6. The molecule has 0 saturated carbocycles. The summed E-state index contributed by atoms with van der Waals surface area (Å²) in [4.78, 5) is 13.0. The van der Waals surface area contributed by atoms with Gasteiger partial charge in [0, 0.05) is 16.2 Å². The van der Waals surface area contributed by atoms with Gasteiger partial charge in [0.15, 0.2) is 0 Å². The van der Waals surface area contributed by atoms with Crippen LogP contribution in [0.3, 0.4) is 0 Å². The Labute approximate surface area is 162 Å². The minimum absolute atomic E-state index is 0.341. The van der Waals surface area contributed by atoms with E-state index in [0.29, 0.717) is 6.42 Å². The molecule has 0 atom stereocenters. The minimum atomic E-state index is -0.663. The summed E-state index contributed by atoms with van der Waals surface area (Å²) in [6, 6.07) is 17.3. The van der Waals surface area contributed by atoms with Crippen LogP contribution in [-0.2, 0) is 11.2 Å². The number of rotatable bonds is 8. The lowest BCUT2D eigenvalue weighted by atomic mass is 10.0. The maximum absolute atomic E-state index is 10.1. The lowest BCUT2D eigenvalue weighted by Gasteiger charge is -2.17. The van der Waals surface area contributed by atoms with Gasteiger partial charge in [-0.15, -0.1) is 0 Å². The largest absolute Gasteiger partial charge is 0.481 e. The highest BCUT2D eigenvalue weighted by Crippen LogP contribution is 2.38. The lowest BCUT2D eigenvalue weighted by Crippen LogP contribution is -1.98. The Morgan fingerprint density at radius 3 is 1.88 bits per heavy atom. The molecule has 2 aromatic rings. The molecule has 0 bridgehead atoms. The maximum Gasteiger partial charge on any atom is 0.303 e. The van der Waals surface area contributed by atoms with E-state index >= 15 is 0 Å². The predicted octanol–water partition coefficient (Wildman–Crippen LogP) is 6.95. The van der Waals surface area contributed by atoms with E-state index in [1.807, 2.05) is 11.8 Å². The Morgan fingerprint density at radius 1 is 0.846 bits per heavy atom. The Hall–Kier alpha value is -1.74. The fourth-order valence-corrected chi connectivity index (χ4v) is 4.13. The van der Waals surface area contributed by atoms with Crippen LogP contribution < -0.4 is 0 Å². The highest BCUT2D eigenvalue weighted by molar-refractivity contribution is 7.99. The van der Waals surface area contributed by atoms with Crippen LogP contribution in [0.1, 0.15) is 69.4 Å². The third-order valence-corrected chi connectivity index (χ3v) is 5.78. The molecule has 2 nitrogen and oxygen atoms in total. The van der Waals surface area contributed by atoms with Gasteiger partial charge in [0.2, 0.25) is 0 Å². The number of aliphatic carboxylic acids is 1. The maximum atomic E-state index is 10.1. The first-order valence-electron chi connectivity index (χ1n) is 9.76. The van der Waals surface area contributed by atoms with E-state index in [1.54, 1.807) is 0 Å². The summed E-state index contributed by atoms with van der Waals surface area (Å²) < 4.78 is 0. The van der Waals surface area contributed by atoms with Crippen LogP contribution >= 0.6 is 11.8 Å². The second-order valence-corrected chi connectivity index (χ2v) is 7.84. The third-order valence-electron chi connectivity index (χ3n) is 4.54. The molecule has 0 saturated heterocycles. The molecule has 0 aliphatic carbocycles. The predicted molar refractivity (Wildman–Crippen MR) is 110 cm³/mol. The summed E-state index contributed by atoms with van der Waals surface area (Å²) in [7, 11) is 0. The van der Waals surface area contributed by atoms with Crippen LogP contribution in [0.5, 0.6) is 0 Å². The summed E-state index contributed by atoms with van der Waals surface area (Å²) in [6.07, 6.45) is 9.73. The van der Waals surface area contributed by atoms with E-state index in [9.17, 15) is 4.79 Å². The van der Waals surface area contributed by atoms with Crippen molar-refractivity contribution in [3.8, 4) is 0 Å². The van der Waals surface area contributed by atoms with Crippen molar-refractivity contribution in [1.29, 1.82) is 0 Å². The molecule has 1 N–H and O–H groups in total. The average molecular weight is 371 g/mol. The lowest BCUT2D eigenvalue weighted by molar-refractivity contribution is -0.137. The van der Waals surface area contributed by atoms with Crippen LogP contribution in [0.15, 0.2) is 58.3 Å². The molecule has 0 fully saturated rings. The molecule has 2 aromatic carbocycles.